The molecular weight excluding hydrogens is 390 g/mol. The molecule has 2 aromatic heterocycles. The molecule has 3 heterocycles. The van der Waals surface area contributed by atoms with Crippen LogP contribution in [0, 0.1) is 6.92 Å². The molecule has 27 heavy (non-hydrogen) atoms. The van der Waals surface area contributed by atoms with Gasteiger partial charge in [0.15, 0.2) is 9.90 Å². The minimum Gasteiger partial charge on any atom is -0.335 e. The maximum atomic E-state index is 12.8. The van der Waals surface area contributed by atoms with Gasteiger partial charge in [-0.1, -0.05) is 29.5 Å². The van der Waals surface area contributed by atoms with Crippen LogP contribution in [0.15, 0.2) is 33.3 Å². The predicted octanol–water partition coefficient (Wildman–Crippen LogP) is 0.768. The Bertz CT molecular complexity index is 1170. The second kappa shape index (κ2) is 6.59. The van der Waals surface area contributed by atoms with Gasteiger partial charge in [-0.2, -0.15) is 9.40 Å². The molecule has 9 nitrogen and oxygen atoms in total. The predicted molar refractivity (Wildman–Crippen MR) is 100 cm³/mol. The van der Waals surface area contributed by atoms with Crippen LogP contribution >= 0.6 is 11.3 Å². The molecular formula is C16H17N5O4S2. The molecule has 1 aliphatic heterocycles. The molecule has 0 bridgehead atoms. The number of hydrogen-bond donors (Lipinski definition) is 2. The van der Waals surface area contributed by atoms with Gasteiger partial charge in [-0.25, -0.2) is 8.42 Å². The first-order valence-electron chi connectivity index (χ1n) is 8.30. The molecule has 142 valence electrons. The van der Waals surface area contributed by atoms with E-state index in [2.05, 4.69) is 15.2 Å². The second-order valence-electron chi connectivity index (χ2n) is 6.24. The number of carbonyl (C=O) groups excluding carboxylic acids is 1. The summed E-state index contributed by atoms with van der Waals surface area (Å²) >= 11 is 0.686. The Hall–Kier alpha value is -2.50. The lowest BCUT2D eigenvalue weighted by molar-refractivity contribution is 0.0694. The summed E-state index contributed by atoms with van der Waals surface area (Å²) in [7, 11) is -3.75. The highest BCUT2D eigenvalue weighted by molar-refractivity contribution is 7.91. The number of aryl methyl sites for hydroxylation is 1. The van der Waals surface area contributed by atoms with Crippen molar-refractivity contribution in [3.8, 4) is 0 Å². The molecule has 4 rings (SSSR count). The number of hydrogen-bond acceptors (Lipinski definition) is 6. The topological polar surface area (TPSA) is 119 Å². The number of nitrogens with one attached hydrogen (secondary N) is 2. The number of aromatic nitrogens is 3. The van der Waals surface area contributed by atoms with E-state index in [4.69, 9.17) is 0 Å². The van der Waals surface area contributed by atoms with Crippen molar-refractivity contribution >= 4 is 38.2 Å². The second-order valence-corrected chi connectivity index (χ2v) is 9.36. The van der Waals surface area contributed by atoms with Crippen LogP contribution in [0.4, 0.5) is 0 Å². The standard InChI is InChI=1S/C16H17N5O4S2/c1-10-15(26-16(23)17-10)27(24,25)21-8-6-20(7-9-21)14(22)13-11-4-2-3-5-12(11)18-19-13/h2-5H,6-9H2,1H3,(H,17,23)(H,18,19). The van der Waals surface area contributed by atoms with Crippen LogP contribution in [0.2, 0.25) is 0 Å². The summed E-state index contributed by atoms with van der Waals surface area (Å²) in [5.41, 5.74) is 1.45. The fourth-order valence-electron chi connectivity index (χ4n) is 3.16. The first-order chi connectivity index (χ1) is 12.9. The number of benzene rings is 1. The number of amides is 1. The van der Waals surface area contributed by atoms with Crippen molar-refractivity contribution in [1.29, 1.82) is 0 Å². The van der Waals surface area contributed by atoms with E-state index in [0.29, 0.717) is 22.7 Å². The zero-order valence-corrected chi connectivity index (χ0v) is 16.1. The third kappa shape index (κ3) is 3.07. The Morgan fingerprint density at radius 1 is 1.19 bits per heavy atom. The van der Waals surface area contributed by atoms with E-state index in [-0.39, 0.29) is 36.3 Å². The highest BCUT2D eigenvalue weighted by atomic mass is 32.2. The summed E-state index contributed by atoms with van der Waals surface area (Å²) in [6, 6.07) is 7.36. The van der Waals surface area contributed by atoms with Crippen LogP contribution in [0.25, 0.3) is 10.9 Å². The van der Waals surface area contributed by atoms with Gasteiger partial charge in [-0.15, -0.1) is 0 Å². The van der Waals surface area contributed by atoms with Gasteiger partial charge < -0.3 is 9.88 Å². The first-order valence-corrected chi connectivity index (χ1v) is 10.6. The van der Waals surface area contributed by atoms with Crippen molar-refractivity contribution in [2.75, 3.05) is 26.2 Å². The van der Waals surface area contributed by atoms with Gasteiger partial charge in [0.05, 0.1) is 5.52 Å². The summed E-state index contributed by atoms with van der Waals surface area (Å²) in [6.45, 7) is 2.42. The number of nitrogens with zero attached hydrogens (tertiary/aromatic N) is 3. The van der Waals surface area contributed by atoms with Crippen molar-refractivity contribution in [3.05, 3.63) is 45.3 Å². The third-order valence-corrected chi connectivity index (χ3v) is 8.03. The van der Waals surface area contributed by atoms with Crippen LogP contribution < -0.4 is 4.87 Å². The number of carbonyl (C=O) groups is 1. The Balaban J connectivity index is 1.51. The largest absolute Gasteiger partial charge is 0.335 e. The van der Waals surface area contributed by atoms with E-state index in [0.717, 1.165) is 10.9 Å². The van der Waals surface area contributed by atoms with Gasteiger partial charge in [-0.05, 0) is 13.0 Å². The lowest BCUT2D eigenvalue weighted by Gasteiger charge is -2.33. The molecule has 0 saturated carbocycles. The average molecular weight is 407 g/mol. The number of rotatable bonds is 3. The van der Waals surface area contributed by atoms with E-state index < -0.39 is 14.9 Å². The van der Waals surface area contributed by atoms with Gasteiger partial charge in [0, 0.05) is 37.3 Å². The number of piperazine rings is 1. The van der Waals surface area contributed by atoms with Crippen molar-refractivity contribution in [3.63, 3.8) is 0 Å². The van der Waals surface area contributed by atoms with Crippen LogP contribution in [0.5, 0.6) is 0 Å². The van der Waals surface area contributed by atoms with Crippen LogP contribution in [0.3, 0.4) is 0 Å². The number of aromatic amines is 2. The number of H-pyrrole nitrogens is 2. The SMILES string of the molecule is Cc1[nH]c(=O)sc1S(=O)(=O)N1CCN(C(=O)c2n[nH]c3ccccc23)CC1. The Kier molecular flexibility index (Phi) is 4.36. The highest BCUT2D eigenvalue weighted by Crippen LogP contribution is 2.23. The normalized spacial score (nSPS) is 16.1. The molecule has 1 aliphatic rings. The van der Waals surface area contributed by atoms with Crippen molar-refractivity contribution in [2.24, 2.45) is 0 Å². The smallest absolute Gasteiger partial charge is 0.305 e. The molecule has 0 atom stereocenters. The molecule has 11 heteroatoms. The Morgan fingerprint density at radius 2 is 1.89 bits per heavy atom. The lowest BCUT2D eigenvalue weighted by Crippen LogP contribution is -2.50. The van der Waals surface area contributed by atoms with E-state index in [1.165, 1.54) is 4.31 Å². The number of fused-ring (bicyclic) bond motifs is 1. The van der Waals surface area contributed by atoms with E-state index >= 15 is 0 Å². The summed E-state index contributed by atoms with van der Waals surface area (Å²) in [4.78, 5) is 27.9. The molecule has 1 fully saturated rings. The van der Waals surface area contributed by atoms with Crippen LogP contribution in [-0.2, 0) is 10.0 Å². The molecule has 0 spiro atoms. The monoisotopic (exact) mass is 407 g/mol. The Labute approximate surface area is 158 Å². The van der Waals surface area contributed by atoms with E-state index in [1.54, 1.807) is 11.8 Å². The molecule has 1 saturated heterocycles. The fourth-order valence-corrected chi connectivity index (χ4v) is 6.02. The maximum absolute atomic E-state index is 12.8. The van der Waals surface area contributed by atoms with Crippen molar-refractivity contribution < 1.29 is 13.2 Å². The number of thiazole rings is 1. The lowest BCUT2D eigenvalue weighted by atomic mass is 10.2. The molecule has 0 radical (unpaired) electrons. The number of para-hydroxylation sites is 1. The van der Waals surface area contributed by atoms with Crippen LogP contribution in [-0.4, -0.2) is 64.9 Å². The quantitative estimate of drug-likeness (QED) is 0.665. The third-order valence-electron chi connectivity index (χ3n) is 4.55. The maximum Gasteiger partial charge on any atom is 0.305 e. The average Bonchev–Trinajstić information content (AvgIpc) is 3.24. The van der Waals surface area contributed by atoms with Crippen molar-refractivity contribution in [2.45, 2.75) is 11.1 Å². The molecule has 1 aromatic carbocycles. The van der Waals surface area contributed by atoms with Crippen molar-refractivity contribution in [1.82, 2.24) is 24.4 Å². The summed E-state index contributed by atoms with van der Waals surface area (Å²) in [5.74, 6) is -0.230. The van der Waals surface area contributed by atoms with Gasteiger partial charge in [-0.3, -0.25) is 14.7 Å². The van der Waals surface area contributed by atoms with Gasteiger partial charge in [0.1, 0.15) is 0 Å². The molecule has 2 N–H and O–H groups in total. The zero-order valence-electron chi connectivity index (χ0n) is 14.4. The summed E-state index contributed by atoms with van der Waals surface area (Å²) < 4.78 is 26.9. The van der Waals surface area contributed by atoms with Gasteiger partial charge in [0.2, 0.25) is 0 Å². The van der Waals surface area contributed by atoms with Crippen LogP contribution in [0.1, 0.15) is 16.2 Å². The number of sulfonamides is 1. The molecule has 3 aromatic rings. The minimum atomic E-state index is -3.75. The molecule has 0 unspecified atom stereocenters. The zero-order chi connectivity index (χ0) is 19.2. The fraction of sp³-hybridized carbons (Fsp3) is 0.312. The Morgan fingerprint density at radius 3 is 2.56 bits per heavy atom. The van der Waals surface area contributed by atoms with Gasteiger partial charge in [0.25, 0.3) is 15.9 Å². The minimum absolute atomic E-state index is 0.0329. The first kappa shape index (κ1) is 17.9. The summed E-state index contributed by atoms with van der Waals surface area (Å²) in [6.07, 6.45) is 0. The molecule has 1 amide bonds. The van der Waals surface area contributed by atoms with E-state index in [1.807, 2.05) is 24.3 Å². The summed E-state index contributed by atoms with van der Waals surface area (Å²) in [5, 5.41) is 7.69. The highest BCUT2D eigenvalue weighted by Gasteiger charge is 2.33. The van der Waals surface area contributed by atoms with E-state index in [9.17, 15) is 18.0 Å². The molecule has 0 aliphatic carbocycles. The van der Waals surface area contributed by atoms with Gasteiger partial charge >= 0.3 is 4.87 Å².